The quantitative estimate of drug-likeness (QED) is 0.0588. The molecule has 3 aromatic heterocycles. The molecule has 0 unspecified atom stereocenters. The van der Waals surface area contributed by atoms with Gasteiger partial charge in [0.25, 0.3) is 0 Å². The monoisotopic (exact) mass is 827 g/mol. The summed E-state index contributed by atoms with van der Waals surface area (Å²) >= 11 is -0.504. The minimum atomic E-state index is -2.48. The van der Waals surface area contributed by atoms with Gasteiger partial charge in [-0.3, -0.25) is 0 Å². The molecule has 3 aromatic rings. The Morgan fingerprint density at radius 3 is 2.18 bits per heavy atom. The van der Waals surface area contributed by atoms with E-state index in [0.29, 0.717) is 30.3 Å². The number of nitrogen functional groups attached to an aromatic ring is 1. The summed E-state index contributed by atoms with van der Waals surface area (Å²) in [6.45, 7) is 8.06. The van der Waals surface area contributed by atoms with Crippen molar-refractivity contribution in [1.29, 1.82) is 0 Å². The molecule has 4 heterocycles. The van der Waals surface area contributed by atoms with Gasteiger partial charge in [-0.2, -0.15) is 0 Å². The van der Waals surface area contributed by atoms with E-state index in [2.05, 4.69) is 47.9 Å². The van der Waals surface area contributed by atoms with Crippen LogP contribution in [0.5, 0.6) is 5.88 Å². The Kier molecular flexibility index (Phi) is 17.5. The second-order valence-electron chi connectivity index (χ2n) is 13.8. The number of ether oxygens (including phenoxy) is 3. The van der Waals surface area contributed by atoms with Crippen LogP contribution in [0.15, 0.2) is 18.5 Å². The minimum absolute atomic E-state index is 0.181. The number of anilines is 1. The third-order valence-corrected chi connectivity index (χ3v) is 29.3. The van der Waals surface area contributed by atoms with Crippen molar-refractivity contribution < 1.29 is 34.6 Å². The summed E-state index contributed by atoms with van der Waals surface area (Å²) < 4.78 is 25.3. The van der Waals surface area contributed by atoms with Gasteiger partial charge in [0, 0.05) is 6.61 Å². The predicted molar refractivity (Wildman–Crippen MR) is 200 cm³/mol. The molecular weight excluding hydrogens is 765 g/mol. The van der Waals surface area contributed by atoms with Crippen LogP contribution in [0.4, 0.5) is 5.95 Å². The number of imidazole rings is 1. The van der Waals surface area contributed by atoms with Crippen LogP contribution >= 0.6 is 11.3 Å². The van der Waals surface area contributed by atoms with Crippen molar-refractivity contribution in [2.45, 2.75) is 155 Å². The summed E-state index contributed by atoms with van der Waals surface area (Å²) in [6.07, 6.45) is 9.26. The number of nitrogens with two attached hydrogens (primary N) is 1. The van der Waals surface area contributed by atoms with Crippen molar-refractivity contribution in [1.82, 2.24) is 19.5 Å². The van der Waals surface area contributed by atoms with Crippen molar-refractivity contribution in [2.24, 2.45) is 0 Å². The first kappa shape index (κ1) is 41.2. The van der Waals surface area contributed by atoms with Crippen LogP contribution in [-0.2, 0) is 22.6 Å². The van der Waals surface area contributed by atoms with Crippen LogP contribution in [0, 0.1) is 0 Å². The number of aliphatic hydroxyl groups excluding tert-OH is 4. The first-order chi connectivity index (χ1) is 24.3. The van der Waals surface area contributed by atoms with Crippen LogP contribution < -0.4 is 13.4 Å². The van der Waals surface area contributed by atoms with Gasteiger partial charge in [0.05, 0.1) is 6.61 Å². The first-order valence-electron chi connectivity index (χ1n) is 18.9. The van der Waals surface area contributed by atoms with Gasteiger partial charge in [-0.15, -0.1) is 0 Å². The Morgan fingerprint density at radius 2 is 1.52 bits per heavy atom. The summed E-state index contributed by atoms with van der Waals surface area (Å²) in [6, 6.07) is 4.69. The molecule has 50 heavy (non-hydrogen) atoms. The van der Waals surface area contributed by atoms with E-state index in [1.165, 1.54) is 56.7 Å². The third-order valence-electron chi connectivity index (χ3n) is 9.94. The molecule has 12 nitrogen and oxygen atoms in total. The van der Waals surface area contributed by atoms with E-state index in [1.54, 1.807) is 9.22 Å². The fourth-order valence-electron chi connectivity index (χ4n) is 6.86. The van der Waals surface area contributed by atoms with Gasteiger partial charge in [-0.1, -0.05) is 19.3 Å². The number of hydrogen-bond acceptors (Lipinski definition) is 12. The normalized spacial score (nSPS) is 21.3. The third kappa shape index (κ3) is 11.2. The topological polar surface area (TPSA) is 178 Å². The van der Waals surface area contributed by atoms with Crippen molar-refractivity contribution in [3.05, 3.63) is 23.3 Å². The van der Waals surface area contributed by atoms with E-state index in [9.17, 15) is 20.4 Å². The maximum atomic E-state index is 10.1. The molecule has 5 atom stereocenters. The zero-order valence-corrected chi connectivity index (χ0v) is 34.0. The average Bonchev–Trinajstić information content (AvgIpc) is 3.77. The molecule has 1 fully saturated rings. The Labute approximate surface area is 305 Å². The SMILES string of the molecule is CCC[CH2][Sn]([CH2]CCC)([CH2]CCC)[c]1ccc(COc2nc(N)nc3c2ncn3CCCCCCCCO[C@@H]2O[C@H](CO)[C@@H](O)[C@H](O)[C@H]2O)s1. The molecule has 0 bridgehead atoms. The second-order valence-corrected chi connectivity index (χ2v) is 29.2. The summed E-state index contributed by atoms with van der Waals surface area (Å²) in [7, 11) is 0. The molecule has 0 amide bonds. The number of nitrogens with zero attached hydrogens (tertiary/aromatic N) is 4. The Bertz CT molecular complexity index is 1390. The number of thiophene rings is 1. The van der Waals surface area contributed by atoms with E-state index in [1.807, 2.05) is 15.9 Å². The van der Waals surface area contributed by atoms with Crippen LogP contribution in [-0.4, -0.2) is 102 Å². The molecule has 0 spiro atoms. The zero-order chi connectivity index (χ0) is 35.9. The summed E-state index contributed by atoms with van der Waals surface area (Å²) in [4.78, 5) is 14.8. The van der Waals surface area contributed by atoms with Crippen molar-refractivity contribution in [2.75, 3.05) is 18.9 Å². The number of aryl methyl sites for hydroxylation is 1. The Morgan fingerprint density at radius 1 is 0.860 bits per heavy atom. The molecule has 1 aliphatic rings. The number of rotatable bonds is 24. The van der Waals surface area contributed by atoms with Gasteiger partial charge in [-0.25, -0.2) is 0 Å². The zero-order valence-electron chi connectivity index (χ0n) is 30.3. The molecule has 6 N–H and O–H groups in total. The molecule has 0 aliphatic carbocycles. The number of hydrogen-bond donors (Lipinski definition) is 5. The van der Waals surface area contributed by atoms with Crippen LogP contribution in [0.1, 0.15) is 103 Å². The molecule has 14 heteroatoms. The second kappa shape index (κ2) is 21.2. The number of aliphatic hydroxyl groups is 4. The Hall–Kier alpha value is -1.59. The molecule has 1 aliphatic heterocycles. The van der Waals surface area contributed by atoms with Gasteiger partial charge < -0.3 is 29.9 Å². The number of unbranched alkanes of at least 4 members (excludes halogenated alkanes) is 8. The van der Waals surface area contributed by atoms with Crippen molar-refractivity contribution in [3.63, 3.8) is 0 Å². The van der Waals surface area contributed by atoms with Gasteiger partial charge in [0.1, 0.15) is 24.4 Å². The summed E-state index contributed by atoms with van der Waals surface area (Å²) in [5.74, 6) is 0.617. The molecular formula is C36H61N5O7SSn. The summed E-state index contributed by atoms with van der Waals surface area (Å²) in [5, 5.41) is 39.2. The van der Waals surface area contributed by atoms with E-state index in [0.717, 1.165) is 45.1 Å². The molecule has 0 radical (unpaired) electrons. The molecule has 0 saturated carbocycles. The maximum absolute atomic E-state index is 10.1. The van der Waals surface area contributed by atoms with Crippen LogP contribution in [0.2, 0.25) is 13.3 Å². The fraction of sp³-hybridized carbons (Fsp3) is 0.750. The standard InChI is InChI=1S/C24H34N5O7S.3C4H9.Sn/c25-24-27-21-17(22(28-24)35-13-15-8-7-11-37-15)26-14-29(21)9-5-3-1-2-4-6-10-34-23-20(33)19(32)18(31)16(12-30)36-23;3*1-3-4-2;/h7-8,14,16,18-20,23,30-33H,1-6,9-10,12-13H2,(H2,25,27,28);3*1,3-4H2,2H3;/t16-,18-,19+,20-,23-;;;;/m1..../s1. The Balaban J connectivity index is 1.23. The first-order valence-corrected chi connectivity index (χ1v) is 27.2. The van der Waals surface area contributed by atoms with Crippen LogP contribution in [0.3, 0.4) is 0 Å². The number of fused-ring (bicyclic) bond motifs is 1. The molecule has 0 aromatic carbocycles. The fourth-order valence-corrected chi connectivity index (χ4v) is 27.1. The van der Waals surface area contributed by atoms with Crippen molar-refractivity contribution >= 4 is 49.7 Å². The van der Waals surface area contributed by atoms with Crippen LogP contribution in [0.25, 0.3) is 11.2 Å². The van der Waals surface area contributed by atoms with Gasteiger partial charge in [0.15, 0.2) is 6.29 Å². The summed E-state index contributed by atoms with van der Waals surface area (Å²) in [5.41, 5.74) is 7.47. The molecule has 282 valence electrons. The van der Waals surface area contributed by atoms with E-state index in [4.69, 9.17) is 19.9 Å². The van der Waals surface area contributed by atoms with E-state index >= 15 is 0 Å². The van der Waals surface area contributed by atoms with Gasteiger partial charge in [0.2, 0.25) is 0 Å². The average molecular weight is 827 g/mol. The van der Waals surface area contributed by atoms with Gasteiger partial charge in [-0.05, 0) is 6.42 Å². The van der Waals surface area contributed by atoms with E-state index in [-0.39, 0.29) is 5.95 Å². The molecule has 4 rings (SSSR count). The predicted octanol–water partition coefficient (Wildman–Crippen LogP) is 5.26. The molecule has 1 saturated heterocycles. The van der Waals surface area contributed by atoms with Crippen molar-refractivity contribution in [3.8, 4) is 5.88 Å². The van der Waals surface area contributed by atoms with Gasteiger partial charge >= 0.3 is 208 Å². The number of aromatic nitrogens is 4. The van der Waals surface area contributed by atoms with E-state index < -0.39 is 55.7 Å².